The number of rotatable bonds is 7. The average molecular weight is 344 g/mol. The molecule has 0 aliphatic carbocycles. The van der Waals surface area contributed by atoms with E-state index in [1.54, 1.807) is 0 Å². The molecule has 7 nitrogen and oxygen atoms in total. The largest absolute Gasteiger partial charge is 0.381 e. The van der Waals surface area contributed by atoms with Crippen molar-refractivity contribution in [1.82, 2.24) is 24.8 Å². The number of nitrogens with one attached hydrogen (secondary N) is 1. The highest BCUT2D eigenvalue weighted by Gasteiger charge is 2.24. The fraction of sp³-hybridized carbons (Fsp3) is 0.611. The minimum Gasteiger partial charge on any atom is -0.381 e. The summed E-state index contributed by atoms with van der Waals surface area (Å²) in [5, 5.41) is 11.9. The lowest BCUT2D eigenvalue weighted by molar-refractivity contribution is 0.114. The summed E-state index contributed by atoms with van der Waals surface area (Å²) in [5.41, 5.74) is 0.902. The number of nitrogens with zero attached hydrogens (tertiary/aromatic N) is 5. The lowest BCUT2D eigenvalue weighted by Gasteiger charge is -2.21. The topological polar surface area (TPSA) is 67.0 Å². The highest BCUT2D eigenvalue weighted by molar-refractivity contribution is 5.80. The molecule has 136 valence electrons. The Bertz CT molecular complexity index is 698. The minimum absolute atomic E-state index is 0.612. The molecular weight excluding hydrogens is 316 g/mol. The molecule has 2 aromatic heterocycles. The number of fused-ring (bicyclic) bond motifs is 1. The van der Waals surface area contributed by atoms with E-state index in [2.05, 4.69) is 25.4 Å². The van der Waals surface area contributed by atoms with Crippen molar-refractivity contribution in [3.05, 3.63) is 30.2 Å². The number of aliphatic imine (C=N–C) groups is 1. The van der Waals surface area contributed by atoms with Crippen LogP contribution in [0.1, 0.15) is 25.6 Å². The molecule has 0 aromatic carbocycles. The summed E-state index contributed by atoms with van der Waals surface area (Å²) in [6.45, 7) is 6.64. The lowest BCUT2D eigenvalue weighted by Crippen LogP contribution is -2.40. The van der Waals surface area contributed by atoms with Gasteiger partial charge in [-0.3, -0.25) is 9.39 Å². The molecule has 1 aliphatic heterocycles. The van der Waals surface area contributed by atoms with Gasteiger partial charge in [-0.2, -0.15) is 0 Å². The zero-order chi connectivity index (χ0) is 17.5. The summed E-state index contributed by atoms with van der Waals surface area (Å²) >= 11 is 0. The summed E-state index contributed by atoms with van der Waals surface area (Å²) in [5.74, 6) is 2.61. The van der Waals surface area contributed by atoms with Crippen LogP contribution < -0.4 is 5.32 Å². The molecule has 1 fully saturated rings. The molecular formula is C18H28N6O. The summed E-state index contributed by atoms with van der Waals surface area (Å²) in [6.07, 6.45) is 5.07. The second-order valence-electron chi connectivity index (χ2n) is 6.38. The van der Waals surface area contributed by atoms with Gasteiger partial charge in [0, 0.05) is 51.8 Å². The second kappa shape index (κ2) is 8.80. The SMILES string of the molecule is CCOCC1CCN(C(=NC)NCCCc2nnc3ccccn23)C1. The first-order valence-electron chi connectivity index (χ1n) is 9.13. The van der Waals surface area contributed by atoms with Gasteiger partial charge in [0.2, 0.25) is 0 Å². The lowest BCUT2D eigenvalue weighted by atomic mass is 10.1. The summed E-state index contributed by atoms with van der Waals surface area (Å²) in [7, 11) is 1.85. The van der Waals surface area contributed by atoms with E-state index in [-0.39, 0.29) is 0 Å². The number of ether oxygens (including phenoxy) is 1. The van der Waals surface area contributed by atoms with Gasteiger partial charge in [0.25, 0.3) is 0 Å². The Morgan fingerprint density at radius 2 is 2.32 bits per heavy atom. The van der Waals surface area contributed by atoms with E-state index < -0.39 is 0 Å². The summed E-state index contributed by atoms with van der Waals surface area (Å²) in [4.78, 5) is 6.76. The Balaban J connectivity index is 1.43. The number of hydrogen-bond donors (Lipinski definition) is 1. The average Bonchev–Trinajstić information content (AvgIpc) is 3.27. The van der Waals surface area contributed by atoms with Crippen molar-refractivity contribution in [3.8, 4) is 0 Å². The quantitative estimate of drug-likeness (QED) is 0.469. The van der Waals surface area contributed by atoms with Gasteiger partial charge in [-0.25, -0.2) is 0 Å². The molecule has 1 aliphatic rings. The fourth-order valence-electron chi connectivity index (χ4n) is 3.29. The molecule has 1 atom stereocenters. The van der Waals surface area contributed by atoms with Crippen LogP contribution in [-0.2, 0) is 11.2 Å². The third-order valence-electron chi connectivity index (χ3n) is 4.60. The van der Waals surface area contributed by atoms with Crippen LogP contribution >= 0.6 is 0 Å². The molecule has 0 radical (unpaired) electrons. The van der Waals surface area contributed by atoms with Gasteiger partial charge in [-0.05, 0) is 31.9 Å². The van der Waals surface area contributed by atoms with Crippen molar-refractivity contribution >= 4 is 11.6 Å². The maximum Gasteiger partial charge on any atom is 0.193 e. The number of likely N-dealkylation sites (tertiary alicyclic amines) is 1. The van der Waals surface area contributed by atoms with Crippen molar-refractivity contribution < 1.29 is 4.74 Å². The first-order valence-corrected chi connectivity index (χ1v) is 9.13. The van der Waals surface area contributed by atoms with Crippen LogP contribution in [0.2, 0.25) is 0 Å². The number of pyridine rings is 1. The predicted molar refractivity (Wildman–Crippen MR) is 98.8 cm³/mol. The number of hydrogen-bond acceptors (Lipinski definition) is 4. The van der Waals surface area contributed by atoms with E-state index in [1.807, 2.05) is 42.8 Å². The van der Waals surface area contributed by atoms with Gasteiger partial charge in [0.15, 0.2) is 11.6 Å². The highest BCUT2D eigenvalue weighted by atomic mass is 16.5. The highest BCUT2D eigenvalue weighted by Crippen LogP contribution is 2.16. The minimum atomic E-state index is 0.612. The molecule has 0 bridgehead atoms. The Morgan fingerprint density at radius 3 is 3.16 bits per heavy atom. The summed E-state index contributed by atoms with van der Waals surface area (Å²) < 4.78 is 7.60. The molecule has 3 heterocycles. The molecule has 1 unspecified atom stereocenters. The number of aromatic nitrogens is 3. The van der Waals surface area contributed by atoms with Crippen LogP contribution in [0.4, 0.5) is 0 Å². The molecule has 0 amide bonds. The number of guanidine groups is 1. The first kappa shape index (κ1) is 17.7. The molecule has 7 heteroatoms. The molecule has 1 saturated heterocycles. The van der Waals surface area contributed by atoms with Crippen LogP contribution in [0.5, 0.6) is 0 Å². The maximum atomic E-state index is 5.55. The third-order valence-corrected chi connectivity index (χ3v) is 4.60. The van der Waals surface area contributed by atoms with Gasteiger partial charge in [-0.1, -0.05) is 6.07 Å². The van der Waals surface area contributed by atoms with Crippen LogP contribution in [0, 0.1) is 5.92 Å². The molecule has 25 heavy (non-hydrogen) atoms. The zero-order valence-electron chi connectivity index (χ0n) is 15.2. The van der Waals surface area contributed by atoms with Crippen molar-refractivity contribution in [2.75, 3.05) is 39.9 Å². The van der Waals surface area contributed by atoms with Crippen LogP contribution in [0.25, 0.3) is 5.65 Å². The van der Waals surface area contributed by atoms with Gasteiger partial charge < -0.3 is 15.0 Å². The Kier molecular flexibility index (Phi) is 6.22. The number of aryl methyl sites for hydroxylation is 1. The van der Waals surface area contributed by atoms with Crippen LogP contribution in [0.15, 0.2) is 29.4 Å². The van der Waals surface area contributed by atoms with Crippen molar-refractivity contribution in [3.63, 3.8) is 0 Å². The van der Waals surface area contributed by atoms with Crippen LogP contribution in [-0.4, -0.2) is 65.4 Å². The van der Waals surface area contributed by atoms with E-state index in [9.17, 15) is 0 Å². The van der Waals surface area contributed by atoms with E-state index in [1.165, 1.54) is 6.42 Å². The molecule has 2 aromatic rings. The third kappa shape index (κ3) is 4.48. The van der Waals surface area contributed by atoms with Crippen LogP contribution in [0.3, 0.4) is 0 Å². The monoisotopic (exact) mass is 344 g/mol. The molecule has 0 spiro atoms. The zero-order valence-corrected chi connectivity index (χ0v) is 15.2. The van der Waals surface area contributed by atoms with Gasteiger partial charge in [0.05, 0.1) is 6.61 Å². The van der Waals surface area contributed by atoms with E-state index in [0.29, 0.717) is 5.92 Å². The predicted octanol–water partition coefficient (Wildman–Crippen LogP) is 1.60. The maximum absolute atomic E-state index is 5.55. The smallest absolute Gasteiger partial charge is 0.193 e. The van der Waals surface area contributed by atoms with E-state index >= 15 is 0 Å². The van der Waals surface area contributed by atoms with Crippen molar-refractivity contribution in [1.29, 1.82) is 0 Å². The van der Waals surface area contributed by atoms with E-state index in [4.69, 9.17) is 4.74 Å². The Labute approximate surface area is 149 Å². The normalized spacial score (nSPS) is 18.2. The van der Waals surface area contributed by atoms with Gasteiger partial charge >= 0.3 is 0 Å². The van der Waals surface area contributed by atoms with Crippen molar-refractivity contribution in [2.24, 2.45) is 10.9 Å². The Morgan fingerprint density at radius 1 is 1.40 bits per heavy atom. The fourth-order valence-corrected chi connectivity index (χ4v) is 3.29. The molecule has 3 rings (SSSR count). The Hall–Kier alpha value is -2.15. The summed E-state index contributed by atoms with van der Waals surface area (Å²) in [6, 6.07) is 5.96. The second-order valence-corrected chi connectivity index (χ2v) is 6.38. The van der Waals surface area contributed by atoms with Crippen molar-refractivity contribution in [2.45, 2.75) is 26.2 Å². The van der Waals surface area contributed by atoms with E-state index in [0.717, 1.165) is 63.1 Å². The first-order chi connectivity index (χ1) is 12.3. The molecule has 0 saturated carbocycles. The van der Waals surface area contributed by atoms with Gasteiger partial charge in [-0.15, -0.1) is 10.2 Å². The van der Waals surface area contributed by atoms with Gasteiger partial charge in [0.1, 0.15) is 5.82 Å². The standard InChI is InChI=1S/C18H28N6O/c1-3-25-14-15-9-12-23(13-15)18(19-2)20-10-6-8-17-22-21-16-7-4-5-11-24(16)17/h4-5,7,11,15H,3,6,8-10,12-14H2,1-2H3,(H,19,20). The molecule has 1 N–H and O–H groups in total.